The number of fused-ring (bicyclic) bond motifs is 1. The highest BCUT2D eigenvalue weighted by Crippen LogP contribution is 2.36. The summed E-state index contributed by atoms with van der Waals surface area (Å²) >= 11 is 0. The van der Waals surface area contributed by atoms with E-state index in [1.807, 2.05) is 53.4 Å². The zero-order chi connectivity index (χ0) is 18.4. The zero-order valence-electron chi connectivity index (χ0n) is 15.0. The molecule has 136 valence electrons. The maximum absolute atomic E-state index is 13.1. The van der Waals surface area contributed by atoms with Crippen LogP contribution in [0.4, 0.5) is 5.69 Å². The van der Waals surface area contributed by atoms with Crippen LogP contribution in [-0.2, 0) is 4.74 Å². The minimum atomic E-state index is -0.296. The minimum absolute atomic E-state index is 0.0129. The number of ether oxygens (including phenoxy) is 2. The number of hydrogen-bond acceptors (Lipinski definition) is 4. The normalized spacial score (nSPS) is 16.0. The molecule has 0 aliphatic carbocycles. The third kappa shape index (κ3) is 3.73. The van der Waals surface area contributed by atoms with E-state index in [4.69, 9.17) is 9.47 Å². The molecule has 5 heteroatoms. The van der Waals surface area contributed by atoms with Gasteiger partial charge in [-0.05, 0) is 24.6 Å². The van der Waals surface area contributed by atoms with Crippen molar-refractivity contribution in [1.29, 1.82) is 0 Å². The van der Waals surface area contributed by atoms with E-state index in [-0.39, 0.29) is 12.1 Å². The third-order valence-electron chi connectivity index (χ3n) is 4.34. The van der Waals surface area contributed by atoms with Crippen molar-refractivity contribution in [3.8, 4) is 5.75 Å². The molecule has 26 heavy (non-hydrogen) atoms. The molecule has 2 aromatic carbocycles. The number of methoxy groups -OCH3 is 1. The first-order valence-electron chi connectivity index (χ1n) is 8.74. The third-order valence-corrected chi connectivity index (χ3v) is 4.34. The predicted molar refractivity (Wildman–Crippen MR) is 102 cm³/mol. The topological polar surface area (TPSA) is 50.8 Å². The van der Waals surface area contributed by atoms with Crippen molar-refractivity contribution in [2.45, 2.75) is 12.6 Å². The lowest BCUT2D eigenvalue weighted by atomic mass is 10.0. The standard InChI is InChI=1S/C21H24N2O3/c1-3-14-26-19-12-7-5-10-17(19)20-22-18-11-6-4-9-16(18)21(24)23(20)13-8-15-25-2/h3-7,9-12,20,22H,1,8,13-15H2,2H3. The van der Waals surface area contributed by atoms with Crippen LogP contribution in [0.3, 0.4) is 0 Å². The van der Waals surface area contributed by atoms with Gasteiger partial charge < -0.3 is 19.7 Å². The van der Waals surface area contributed by atoms with Gasteiger partial charge in [-0.25, -0.2) is 0 Å². The largest absolute Gasteiger partial charge is 0.489 e. The van der Waals surface area contributed by atoms with Gasteiger partial charge in [-0.2, -0.15) is 0 Å². The molecule has 0 saturated carbocycles. The molecular weight excluding hydrogens is 328 g/mol. The Labute approximate surface area is 154 Å². The van der Waals surface area contributed by atoms with Crippen molar-refractivity contribution >= 4 is 11.6 Å². The van der Waals surface area contributed by atoms with Gasteiger partial charge in [0.15, 0.2) is 0 Å². The Bertz CT molecular complexity index is 775. The van der Waals surface area contributed by atoms with Crippen LogP contribution in [0.2, 0.25) is 0 Å². The molecule has 5 nitrogen and oxygen atoms in total. The molecule has 0 saturated heterocycles. The smallest absolute Gasteiger partial charge is 0.257 e. The van der Waals surface area contributed by atoms with Crippen molar-refractivity contribution in [1.82, 2.24) is 4.90 Å². The van der Waals surface area contributed by atoms with E-state index < -0.39 is 0 Å². The molecule has 1 aliphatic rings. The molecule has 0 aromatic heterocycles. The summed E-state index contributed by atoms with van der Waals surface area (Å²) in [6.45, 7) is 5.32. The molecule has 0 fully saturated rings. The SMILES string of the molecule is C=CCOc1ccccc1C1Nc2ccccc2C(=O)N1CCCOC. The highest BCUT2D eigenvalue weighted by molar-refractivity contribution is 6.01. The summed E-state index contributed by atoms with van der Waals surface area (Å²) in [5.41, 5.74) is 2.45. The predicted octanol–water partition coefficient (Wildman–Crippen LogP) is 3.85. The van der Waals surface area contributed by atoms with Crippen LogP contribution in [0.5, 0.6) is 5.75 Å². The van der Waals surface area contributed by atoms with E-state index in [2.05, 4.69) is 11.9 Å². The highest BCUT2D eigenvalue weighted by Gasteiger charge is 2.33. The molecule has 0 bridgehead atoms. The molecule has 1 unspecified atom stereocenters. The van der Waals surface area contributed by atoms with Gasteiger partial charge in [-0.3, -0.25) is 4.79 Å². The van der Waals surface area contributed by atoms with E-state index >= 15 is 0 Å². The van der Waals surface area contributed by atoms with Crippen LogP contribution in [0.25, 0.3) is 0 Å². The van der Waals surface area contributed by atoms with Crippen LogP contribution in [0, 0.1) is 0 Å². The van der Waals surface area contributed by atoms with Crippen molar-refractivity contribution in [2.24, 2.45) is 0 Å². The fraction of sp³-hybridized carbons (Fsp3) is 0.286. The average molecular weight is 352 g/mol. The van der Waals surface area contributed by atoms with Gasteiger partial charge in [-0.1, -0.05) is 43.0 Å². The molecule has 1 atom stereocenters. The Balaban J connectivity index is 1.97. The van der Waals surface area contributed by atoms with Gasteiger partial charge in [0.2, 0.25) is 0 Å². The maximum atomic E-state index is 13.1. The summed E-state index contributed by atoms with van der Waals surface area (Å²) < 4.78 is 11.0. The number of hydrogen-bond donors (Lipinski definition) is 1. The molecule has 1 heterocycles. The number of benzene rings is 2. The van der Waals surface area contributed by atoms with Crippen LogP contribution < -0.4 is 10.1 Å². The number of carbonyl (C=O) groups excluding carboxylic acids is 1. The number of anilines is 1. The molecule has 2 aromatic rings. The van der Waals surface area contributed by atoms with E-state index in [9.17, 15) is 4.79 Å². The molecule has 1 aliphatic heterocycles. The van der Waals surface area contributed by atoms with Crippen molar-refractivity contribution in [3.05, 3.63) is 72.3 Å². The van der Waals surface area contributed by atoms with Gasteiger partial charge in [0.25, 0.3) is 5.91 Å². The average Bonchev–Trinajstić information content (AvgIpc) is 2.68. The Hall–Kier alpha value is -2.79. The number of nitrogens with zero attached hydrogens (tertiary/aromatic N) is 1. The van der Waals surface area contributed by atoms with Crippen molar-refractivity contribution < 1.29 is 14.3 Å². The lowest BCUT2D eigenvalue weighted by Crippen LogP contribution is -2.43. The van der Waals surface area contributed by atoms with Crippen LogP contribution >= 0.6 is 0 Å². The first-order valence-corrected chi connectivity index (χ1v) is 8.74. The van der Waals surface area contributed by atoms with Crippen LogP contribution in [0.1, 0.15) is 28.5 Å². The van der Waals surface area contributed by atoms with Crippen LogP contribution in [-0.4, -0.2) is 37.7 Å². The molecule has 1 amide bonds. The number of rotatable bonds is 8. The summed E-state index contributed by atoms with van der Waals surface area (Å²) in [6, 6.07) is 15.4. The Morgan fingerprint density at radius 2 is 1.96 bits per heavy atom. The highest BCUT2D eigenvalue weighted by atomic mass is 16.5. The summed E-state index contributed by atoms with van der Waals surface area (Å²) in [5.74, 6) is 0.757. The maximum Gasteiger partial charge on any atom is 0.257 e. The van der Waals surface area contributed by atoms with Gasteiger partial charge in [0.05, 0.1) is 5.56 Å². The summed E-state index contributed by atoms with van der Waals surface area (Å²) in [6.07, 6.45) is 2.18. The fourth-order valence-corrected chi connectivity index (χ4v) is 3.13. The number of carbonyl (C=O) groups is 1. The van der Waals surface area contributed by atoms with E-state index in [1.165, 1.54) is 0 Å². The van der Waals surface area contributed by atoms with Crippen molar-refractivity contribution in [2.75, 3.05) is 32.2 Å². The second-order valence-electron chi connectivity index (χ2n) is 6.07. The first kappa shape index (κ1) is 18.0. The fourth-order valence-electron chi connectivity index (χ4n) is 3.13. The van der Waals surface area contributed by atoms with Crippen LogP contribution in [0.15, 0.2) is 61.2 Å². The second-order valence-corrected chi connectivity index (χ2v) is 6.07. The molecule has 3 rings (SSSR count). The molecular formula is C21H24N2O3. The second kappa shape index (κ2) is 8.54. The Morgan fingerprint density at radius 3 is 2.77 bits per heavy atom. The first-order chi connectivity index (χ1) is 12.8. The van der Waals surface area contributed by atoms with Gasteiger partial charge in [0, 0.05) is 31.5 Å². The lowest BCUT2D eigenvalue weighted by molar-refractivity contribution is 0.0658. The van der Waals surface area contributed by atoms with E-state index in [0.717, 1.165) is 23.4 Å². The lowest BCUT2D eigenvalue weighted by Gasteiger charge is -2.38. The molecule has 0 spiro atoms. The molecule has 0 radical (unpaired) electrons. The monoisotopic (exact) mass is 352 g/mol. The van der Waals surface area contributed by atoms with E-state index in [0.29, 0.717) is 25.3 Å². The Kier molecular flexibility index (Phi) is 5.92. The number of para-hydroxylation sites is 2. The molecule has 1 N–H and O–H groups in total. The minimum Gasteiger partial charge on any atom is -0.489 e. The van der Waals surface area contributed by atoms with Crippen molar-refractivity contribution in [3.63, 3.8) is 0 Å². The quantitative estimate of drug-likeness (QED) is 0.579. The number of amides is 1. The number of nitrogens with one attached hydrogen (secondary N) is 1. The zero-order valence-corrected chi connectivity index (χ0v) is 15.0. The summed E-state index contributed by atoms with van der Waals surface area (Å²) in [4.78, 5) is 15.0. The van der Waals surface area contributed by atoms with E-state index in [1.54, 1.807) is 13.2 Å². The summed E-state index contributed by atoms with van der Waals surface area (Å²) in [5, 5.41) is 3.50. The summed E-state index contributed by atoms with van der Waals surface area (Å²) in [7, 11) is 1.67. The van der Waals surface area contributed by atoms with Gasteiger partial charge >= 0.3 is 0 Å². The van der Waals surface area contributed by atoms with Gasteiger partial charge in [-0.15, -0.1) is 0 Å². The van der Waals surface area contributed by atoms with Gasteiger partial charge in [0.1, 0.15) is 18.5 Å². The Morgan fingerprint density at radius 1 is 1.19 bits per heavy atom.